The molecule has 1 N–H and O–H groups in total. The average molecular weight is 256 g/mol. The first kappa shape index (κ1) is 14.0. The summed E-state index contributed by atoms with van der Waals surface area (Å²) in [5.41, 5.74) is 0.617. The second kappa shape index (κ2) is 6.61. The van der Waals surface area contributed by atoms with Crippen molar-refractivity contribution in [2.45, 2.75) is 11.4 Å². The second-order valence-electron chi connectivity index (χ2n) is 3.82. The molecule has 0 aliphatic carbocycles. The lowest BCUT2D eigenvalue weighted by molar-refractivity contribution is -0.125. The van der Waals surface area contributed by atoms with Gasteiger partial charge in [-0.05, 0) is 19.2 Å². The Morgan fingerprint density at radius 1 is 1.47 bits per heavy atom. The monoisotopic (exact) mass is 256 g/mol. The van der Waals surface area contributed by atoms with Gasteiger partial charge >= 0.3 is 0 Å². The third-order valence-corrected chi connectivity index (χ3v) is 3.36. The molecule has 0 aromatic heterocycles. The Hall–Kier alpha value is -1.07. The standard InChI is InChI=1S/C12H17FN2OS/c1-14-7-9-10(13)5-4-6-11(9)17-8-12(16)15(2)3/h4-6,14H,7-8H2,1-3H3. The number of nitrogens with zero attached hydrogens (tertiary/aromatic N) is 1. The van der Waals surface area contributed by atoms with Crippen LogP contribution in [0.25, 0.3) is 0 Å². The fourth-order valence-corrected chi connectivity index (χ4v) is 2.35. The molecule has 0 saturated carbocycles. The predicted molar refractivity (Wildman–Crippen MR) is 68.6 cm³/mol. The van der Waals surface area contributed by atoms with E-state index < -0.39 is 0 Å². The van der Waals surface area contributed by atoms with Crippen molar-refractivity contribution in [3.63, 3.8) is 0 Å². The van der Waals surface area contributed by atoms with Crippen LogP contribution in [-0.4, -0.2) is 37.7 Å². The highest BCUT2D eigenvalue weighted by molar-refractivity contribution is 8.00. The molecule has 0 heterocycles. The van der Waals surface area contributed by atoms with Gasteiger partial charge in [0.2, 0.25) is 5.91 Å². The van der Waals surface area contributed by atoms with Gasteiger partial charge in [0.25, 0.3) is 0 Å². The molecule has 1 aromatic rings. The van der Waals surface area contributed by atoms with E-state index in [1.807, 2.05) is 6.07 Å². The van der Waals surface area contributed by atoms with Gasteiger partial charge in [-0.2, -0.15) is 0 Å². The predicted octanol–water partition coefficient (Wildman–Crippen LogP) is 1.73. The number of benzene rings is 1. The molecule has 0 saturated heterocycles. The molecule has 1 amide bonds. The summed E-state index contributed by atoms with van der Waals surface area (Å²) in [5, 5.41) is 2.93. The lowest BCUT2D eigenvalue weighted by Crippen LogP contribution is -2.23. The van der Waals surface area contributed by atoms with Gasteiger partial charge < -0.3 is 10.2 Å². The maximum absolute atomic E-state index is 13.6. The smallest absolute Gasteiger partial charge is 0.232 e. The van der Waals surface area contributed by atoms with E-state index in [4.69, 9.17) is 0 Å². The van der Waals surface area contributed by atoms with Gasteiger partial charge in [0.15, 0.2) is 0 Å². The number of amides is 1. The van der Waals surface area contributed by atoms with Gasteiger partial charge in [-0.15, -0.1) is 11.8 Å². The first-order chi connectivity index (χ1) is 8.06. The molecule has 1 rings (SSSR count). The lowest BCUT2D eigenvalue weighted by Gasteiger charge is -2.12. The zero-order chi connectivity index (χ0) is 12.8. The fourth-order valence-electron chi connectivity index (χ4n) is 1.29. The molecular formula is C12H17FN2OS. The van der Waals surface area contributed by atoms with Gasteiger partial charge in [0, 0.05) is 31.1 Å². The van der Waals surface area contributed by atoms with E-state index in [2.05, 4.69) is 5.32 Å². The topological polar surface area (TPSA) is 32.3 Å². The van der Waals surface area contributed by atoms with Crippen LogP contribution in [0.4, 0.5) is 4.39 Å². The Kier molecular flexibility index (Phi) is 5.44. The summed E-state index contributed by atoms with van der Waals surface area (Å²) >= 11 is 1.37. The first-order valence-electron chi connectivity index (χ1n) is 5.31. The number of carbonyl (C=O) groups is 1. The summed E-state index contributed by atoms with van der Waals surface area (Å²) in [6, 6.07) is 4.94. The molecule has 0 bridgehead atoms. The van der Waals surface area contributed by atoms with Crippen LogP contribution in [-0.2, 0) is 11.3 Å². The van der Waals surface area contributed by atoms with Gasteiger partial charge in [0.05, 0.1) is 5.75 Å². The van der Waals surface area contributed by atoms with Gasteiger partial charge in [-0.25, -0.2) is 4.39 Å². The Morgan fingerprint density at radius 2 is 2.18 bits per heavy atom. The molecule has 1 aromatic carbocycles. The van der Waals surface area contributed by atoms with E-state index in [0.717, 1.165) is 4.90 Å². The maximum atomic E-state index is 13.6. The van der Waals surface area contributed by atoms with Crippen molar-refractivity contribution >= 4 is 17.7 Å². The normalized spacial score (nSPS) is 10.4. The largest absolute Gasteiger partial charge is 0.348 e. The minimum absolute atomic E-state index is 0.0228. The Morgan fingerprint density at radius 3 is 2.76 bits per heavy atom. The third kappa shape index (κ3) is 4.02. The van der Waals surface area contributed by atoms with Crippen LogP contribution in [0.1, 0.15) is 5.56 Å². The zero-order valence-electron chi connectivity index (χ0n) is 10.3. The molecule has 5 heteroatoms. The van der Waals surface area contributed by atoms with Crippen LogP contribution in [0, 0.1) is 5.82 Å². The number of thioether (sulfide) groups is 1. The summed E-state index contributed by atoms with van der Waals surface area (Å²) in [4.78, 5) is 13.8. The maximum Gasteiger partial charge on any atom is 0.232 e. The van der Waals surface area contributed by atoms with Crippen molar-refractivity contribution < 1.29 is 9.18 Å². The van der Waals surface area contributed by atoms with E-state index in [0.29, 0.717) is 17.9 Å². The summed E-state index contributed by atoms with van der Waals surface area (Å²) in [6.45, 7) is 0.463. The van der Waals surface area contributed by atoms with E-state index in [9.17, 15) is 9.18 Å². The van der Waals surface area contributed by atoms with Gasteiger partial charge in [0.1, 0.15) is 5.82 Å². The third-order valence-electron chi connectivity index (χ3n) is 2.28. The van der Waals surface area contributed by atoms with Crippen molar-refractivity contribution in [2.24, 2.45) is 0 Å². The van der Waals surface area contributed by atoms with Crippen molar-refractivity contribution in [3.05, 3.63) is 29.6 Å². The molecule has 3 nitrogen and oxygen atoms in total. The quantitative estimate of drug-likeness (QED) is 0.814. The molecule has 0 unspecified atom stereocenters. The van der Waals surface area contributed by atoms with Crippen molar-refractivity contribution in [2.75, 3.05) is 26.9 Å². The highest BCUT2D eigenvalue weighted by Gasteiger charge is 2.10. The molecule has 0 radical (unpaired) electrons. The van der Waals surface area contributed by atoms with Crippen LogP contribution in [0.5, 0.6) is 0 Å². The van der Waals surface area contributed by atoms with Gasteiger partial charge in [-0.1, -0.05) is 6.07 Å². The highest BCUT2D eigenvalue weighted by Crippen LogP contribution is 2.25. The van der Waals surface area contributed by atoms with Crippen LogP contribution in [0.15, 0.2) is 23.1 Å². The molecule has 0 fully saturated rings. The Labute approximate surface area is 105 Å². The molecule has 0 aliphatic rings. The van der Waals surface area contributed by atoms with Crippen molar-refractivity contribution in [1.29, 1.82) is 0 Å². The SMILES string of the molecule is CNCc1c(F)cccc1SCC(=O)N(C)C. The molecule has 94 valence electrons. The Balaban J connectivity index is 2.76. The highest BCUT2D eigenvalue weighted by atomic mass is 32.2. The number of carbonyl (C=O) groups excluding carboxylic acids is 1. The summed E-state index contributed by atoms with van der Waals surface area (Å²) in [6.07, 6.45) is 0. The molecule has 17 heavy (non-hydrogen) atoms. The van der Waals surface area contributed by atoms with Crippen LogP contribution in [0.2, 0.25) is 0 Å². The summed E-state index contributed by atoms with van der Waals surface area (Å²) < 4.78 is 13.6. The minimum Gasteiger partial charge on any atom is -0.348 e. The van der Waals surface area contributed by atoms with Crippen molar-refractivity contribution in [1.82, 2.24) is 10.2 Å². The number of halogens is 1. The van der Waals surface area contributed by atoms with Gasteiger partial charge in [-0.3, -0.25) is 4.79 Å². The molecule has 0 atom stereocenters. The van der Waals surface area contributed by atoms with Crippen LogP contribution < -0.4 is 5.32 Å². The number of nitrogens with one attached hydrogen (secondary N) is 1. The van der Waals surface area contributed by atoms with E-state index >= 15 is 0 Å². The van der Waals surface area contributed by atoms with Crippen LogP contribution >= 0.6 is 11.8 Å². The summed E-state index contributed by atoms with van der Waals surface area (Å²) in [5.74, 6) is 0.115. The molecule has 0 spiro atoms. The van der Waals surface area contributed by atoms with Crippen molar-refractivity contribution in [3.8, 4) is 0 Å². The molecule has 0 aliphatic heterocycles. The lowest BCUT2D eigenvalue weighted by atomic mass is 10.2. The van der Waals surface area contributed by atoms with Crippen LogP contribution in [0.3, 0.4) is 0 Å². The van der Waals surface area contributed by atoms with E-state index in [1.165, 1.54) is 22.7 Å². The van der Waals surface area contributed by atoms with E-state index in [-0.39, 0.29) is 11.7 Å². The number of rotatable bonds is 5. The zero-order valence-corrected chi connectivity index (χ0v) is 11.1. The molecular weight excluding hydrogens is 239 g/mol. The van der Waals surface area contributed by atoms with E-state index in [1.54, 1.807) is 27.2 Å². The first-order valence-corrected chi connectivity index (χ1v) is 6.29. The number of hydrogen-bond donors (Lipinski definition) is 1. The minimum atomic E-state index is -0.235. The average Bonchev–Trinajstić information content (AvgIpc) is 2.29. The second-order valence-corrected chi connectivity index (χ2v) is 4.84. The number of hydrogen-bond acceptors (Lipinski definition) is 3. The fraction of sp³-hybridized carbons (Fsp3) is 0.417. The Bertz CT molecular complexity index is 396. The summed E-state index contributed by atoms with van der Waals surface area (Å²) in [7, 11) is 5.19.